The largest absolute Gasteiger partial charge is 0.398 e. The van der Waals surface area contributed by atoms with E-state index in [4.69, 9.17) is 5.73 Å². The molecule has 0 aromatic heterocycles. The second-order valence-electron chi connectivity index (χ2n) is 5.86. The standard InChI is InChI=1S/C16H24N2O2/c1-12-7-6-8-13(14(12)17)15(19)18-11-16(20)9-4-2-3-5-10-16/h6-8,20H,2-5,9-11,17H2,1H3,(H,18,19). The van der Waals surface area contributed by atoms with Gasteiger partial charge in [-0.05, 0) is 31.4 Å². The number of hydrogen-bond acceptors (Lipinski definition) is 3. The zero-order valence-corrected chi connectivity index (χ0v) is 12.1. The van der Waals surface area contributed by atoms with E-state index in [0.717, 1.165) is 31.2 Å². The minimum Gasteiger partial charge on any atom is -0.398 e. The Labute approximate surface area is 120 Å². The van der Waals surface area contributed by atoms with Crippen molar-refractivity contribution in [3.63, 3.8) is 0 Å². The molecule has 1 saturated carbocycles. The zero-order chi connectivity index (χ0) is 14.6. The molecule has 4 heteroatoms. The molecular formula is C16H24N2O2. The Morgan fingerprint density at radius 3 is 2.60 bits per heavy atom. The molecular weight excluding hydrogens is 252 g/mol. The Morgan fingerprint density at radius 1 is 1.30 bits per heavy atom. The van der Waals surface area contributed by atoms with E-state index in [1.54, 1.807) is 6.07 Å². The second kappa shape index (κ2) is 6.27. The van der Waals surface area contributed by atoms with Crippen molar-refractivity contribution < 1.29 is 9.90 Å². The topological polar surface area (TPSA) is 75.3 Å². The molecule has 1 aliphatic carbocycles. The molecule has 0 saturated heterocycles. The highest BCUT2D eigenvalue weighted by Crippen LogP contribution is 2.26. The van der Waals surface area contributed by atoms with Crippen molar-refractivity contribution in [2.75, 3.05) is 12.3 Å². The lowest BCUT2D eigenvalue weighted by Crippen LogP contribution is -2.42. The van der Waals surface area contributed by atoms with Crippen LogP contribution in [0.3, 0.4) is 0 Å². The molecule has 0 heterocycles. The lowest BCUT2D eigenvalue weighted by atomic mass is 9.94. The van der Waals surface area contributed by atoms with Gasteiger partial charge in [0.1, 0.15) is 0 Å². The molecule has 0 unspecified atom stereocenters. The van der Waals surface area contributed by atoms with Crippen molar-refractivity contribution in [3.05, 3.63) is 29.3 Å². The molecule has 1 amide bonds. The van der Waals surface area contributed by atoms with Crippen LogP contribution in [0, 0.1) is 6.92 Å². The fraction of sp³-hybridized carbons (Fsp3) is 0.562. The summed E-state index contributed by atoms with van der Waals surface area (Å²) in [5.41, 5.74) is 7.06. The molecule has 4 N–H and O–H groups in total. The van der Waals surface area contributed by atoms with Crippen molar-refractivity contribution in [3.8, 4) is 0 Å². The number of hydrogen-bond donors (Lipinski definition) is 3. The molecule has 0 radical (unpaired) electrons. The van der Waals surface area contributed by atoms with Crippen LogP contribution in [0.2, 0.25) is 0 Å². The Bertz CT molecular complexity index is 477. The van der Waals surface area contributed by atoms with Crippen LogP contribution in [0.15, 0.2) is 18.2 Å². The molecule has 110 valence electrons. The summed E-state index contributed by atoms with van der Waals surface area (Å²) in [6.45, 7) is 2.18. The van der Waals surface area contributed by atoms with E-state index < -0.39 is 5.60 Å². The molecule has 0 atom stereocenters. The summed E-state index contributed by atoms with van der Waals surface area (Å²) in [6.07, 6.45) is 5.91. The molecule has 1 aliphatic rings. The number of nitrogens with one attached hydrogen (secondary N) is 1. The van der Waals surface area contributed by atoms with E-state index in [1.807, 2.05) is 19.1 Å². The first-order valence-electron chi connectivity index (χ1n) is 7.37. The first kappa shape index (κ1) is 14.9. The number of anilines is 1. The number of nitrogens with two attached hydrogens (primary N) is 1. The Hall–Kier alpha value is -1.55. The van der Waals surface area contributed by atoms with Gasteiger partial charge in [-0.2, -0.15) is 0 Å². The predicted octanol–water partition coefficient (Wildman–Crippen LogP) is 2.39. The van der Waals surface area contributed by atoms with Gasteiger partial charge in [-0.1, -0.05) is 37.8 Å². The van der Waals surface area contributed by atoms with Crippen LogP contribution < -0.4 is 11.1 Å². The van der Waals surface area contributed by atoms with Crippen LogP contribution in [0.25, 0.3) is 0 Å². The van der Waals surface area contributed by atoms with E-state index in [1.165, 1.54) is 12.8 Å². The SMILES string of the molecule is Cc1cccc(C(=O)NCC2(O)CCCCCC2)c1N. The molecule has 1 aromatic carbocycles. The van der Waals surface area contributed by atoms with E-state index in [9.17, 15) is 9.90 Å². The number of para-hydroxylation sites is 1. The summed E-state index contributed by atoms with van der Waals surface area (Å²) >= 11 is 0. The average Bonchev–Trinajstić information content (AvgIpc) is 2.65. The lowest BCUT2D eigenvalue weighted by Gasteiger charge is -2.27. The van der Waals surface area contributed by atoms with Crippen LogP contribution in [0.5, 0.6) is 0 Å². The van der Waals surface area contributed by atoms with Gasteiger partial charge in [0.2, 0.25) is 0 Å². The fourth-order valence-electron chi connectivity index (χ4n) is 2.78. The molecule has 1 fully saturated rings. The van der Waals surface area contributed by atoms with Crippen LogP contribution in [0.4, 0.5) is 5.69 Å². The third-order valence-corrected chi connectivity index (χ3v) is 4.18. The number of amides is 1. The maximum absolute atomic E-state index is 12.2. The van der Waals surface area contributed by atoms with Gasteiger partial charge in [-0.25, -0.2) is 0 Å². The number of rotatable bonds is 3. The summed E-state index contributed by atoms with van der Waals surface area (Å²) < 4.78 is 0. The Kier molecular flexibility index (Phi) is 4.65. The van der Waals surface area contributed by atoms with Crippen LogP contribution in [0.1, 0.15) is 54.4 Å². The molecule has 0 bridgehead atoms. The summed E-state index contributed by atoms with van der Waals surface area (Å²) in [7, 11) is 0. The van der Waals surface area contributed by atoms with Gasteiger partial charge in [0.15, 0.2) is 0 Å². The zero-order valence-electron chi connectivity index (χ0n) is 12.1. The first-order chi connectivity index (χ1) is 9.52. The maximum Gasteiger partial charge on any atom is 0.253 e. The van der Waals surface area contributed by atoms with E-state index >= 15 is 0 Å². The maximum atomic E-state index is 12.2. The van der Waals surface area contributed by atoms with Gasteiger partial charge in [0, 0.05) is 12.2 Å². The third-order valence-electron chi connectivity index (χ3n) is 4.18. The van der Waals surface area contributed by atoms with Gasteiger partial charge in [-0.3, -0.25) is 4.79 Å². The van der Waals surface area contributed by atoms with E-state index in [2.05, 4.69) is 5.32 Å². The Balaban J connectivity index is 1.99. The predicted molar refractivity (Wildman–Crippen MR) is 80.6 cm³/mol. The van der Waals surface area contributed by atoms with Crippen molar-refractivity contribution >= 4 is 11.6 Å². The molecule has 20 heavy (non-hydrogen) atoms. The highest BCUT2D eigenvalue weighted by molar-refractivity contribution is 5.99. The van der Waals surface area contributed by atoms with Gasteiger partial charge >= 0.3 is 0 Å². The first-order valence-corrected chi connectivity index (χ1v) is 7.37. The highest BCUT2D eigenvalue weighted by Gasteiger charge is 2.28. The normalized spacial score (nSPS) is 18.3. The summed E-state index contributed by atoms with van der Waals surface area (Å²) in [6, 6.07) is 5.42. The summed E-state index contributed by atoms with van der Waals surface area (Å²) in [5.74, 6) is -0.205. The molecule has 0 aliphatic heterocycles. The highest BCUT2D eigenvalue weighted by atomic mass is 16.3. The third kappa shape index (κ3) is 3.51. The average molecular weight is 276 g/mol. The second-order valence-corrected chi connectivity index (χ2v) is 5.86. The number of carbonyl (C=O) groups is 1. The van der Waals surface area contributed by atoms with Crippen molar-refractivity contribution in [2.45, 2.75) is 51.0 Å². The minimum atomic E-state index is -0.759. The van der Waals surface area contributed by atoms with Crippen molar-refractivity contribution in [2.24, 2.45) is 0 Å². The number of aryl methyl sites for hydroxylation is 1. The van der Waals surface area contributed by atoms with Crippen molar-refractivity contribution in [1.82, 2.24) is 5.32 Å². The number of aliphatic hydroxyl groups is 1. The van der Waals surface area contributed by atoms with E-state index in [0.29, 0.717) is 17.8 Å². The molecule has 1 aromatic rings. The smallest absolute Gasteiger partial charge is 0.253 e. The molecule has 4 nitrogen and oxygen atoms in total. The number of carbonyl (C=O) groups excluding carboxylic acids is 1. The fourth-order valence-corrected chi connectivity index (χ4v) is 2.78. The van der Waals surface area contributed by atoms with Gasteiger partial charge in [0.25, 0.3) is 5.91 Å². The van der Waals surface area contributed by atoms with Gasteiger partial charge < -0.3 is 16.2 Å². The summed E-state index contributed by atoms with van der Waals surface area (Å²) in [4.78, 5) is 12.2. The monoisotopic (exact) mass is 276 g/mol. The number of nitrogen functional groups attached to an aromatic ring is 1. The van der Waals surface area contributed by atoms with E-state index in [-0.39, 0.29) is 5.91 Å². The van der Waals surface area contributed by atoms with Gasteiger partial charge in [-0.15, -0.1) is 0 Å². The van der Waals surface area contributed by atoms with Gasteiger partial charge in [0.05, 0.1) is 11.2 Å². The quantitative estimate of drug-likeness (QED) is 0.586. The van der Waals surface area contributed by atoms with Crippen molar-refractivity contribution in [1.29, 1.82) is 0 Å². The lowest BCUT2D eigenvalue weighted by molar-refractivity contribution is 0.0246. The van der Waals surface area contributed by atoms with Crippen LogP contribution in [-0.2, 0) is 0 Å². The van der Waals surface area contributed by atoms with Crippen LogP contribution >= 0.6 is 0 Å². The molecule has 0 spiro atoms. The molecule has 2 rings (SSSR count). The summed E-state index contributed by atoms with van der Waals surface area (Å²) in [5, 5.41) is 13.4. The minimum absolute atomic E-state index is 0.205. The number of benzene rings is 1. The van der Waals surface area contributed by atoms with Crippen LogP contribution in [-0.4, -0.2) is 23.2 Å². The Morgan fingerprint density at radius 2 is 1.95 bits per heavy atom.